The van der Waals surface area contributed by atoms with Crippen LogP contribution in [-0.2, 0) is 4.79 Å². The zero-order valence-electron chi connectivity index (χ0n) is 9.55. The summed E-state index contributed by atoms with van der Waals surface area (Å²) in [7, 11) is 0. The molecule has 1 aliphatic heterocycles. The van der Waals surface area contributed by atoms with Crippen LogP contribution in [0.4, 0.5) is 0 Å². The summed E-state index contributed by atoms with van der Waals surface area (Å²) in [5, 5.41) is 3.31. The second kappa shape index (κ2) is 5.35. The van der Waals surface area contributed by atoms with Crippen LogP contribution in [0.25, 0.3) is 0 Å². The van der Waals surface area contributed by atoms with E-state index in [9.17, 15) is 4.79 Å². The molecule has 0 aromatic rings. The first-order valence-electron chi connectivity index (χ1n) is 5.62. The van der Waals surface area contributed by atoms with Crippen molar-refractivity contribution in [3.05, 3.63) is 0 Å². The minimum atomic E-state index is 0.334. The average molecular weight is 198 g/mol. The monoisotopic (exact) mass is 198 g/mol. The van der Waals surface area contributed by atoms with Crippen molar-refractivity contribution in [2.45, 2.75) is 27.2 Å². The van der Waals surface area contributed by atoms with E-state index in [0.29, 0.717) is 17.7 Å². The maximum atomic E-state index is 11.5. The number of amides is 1. The molecule has 0 saturated carbocycles. The molecule has 3 nitrogen and oxygen atoms in total. The van der Waals surface area contributed by atoms with Gasteiger partial charge in [0.25, 0.3) is 0 Å². The number of rotatable bonds is 5. The van der Waals surface area contributed by atoms with Crippen molar-refractivity contribution in [3.63, 3.8) is 0 Å². The van der Waals surface area contributed by atoms with Gasteiger partial charge in [0, 0.05) is 19.5 Å². The predicted octanol–water partition coefficient (Wildman–Crippen LogP) is 1.10. The average Bonchev–Trinajstić information content (AvgIpc) is 2.42. The highest BCUT2D eigenvalue weighted by molar-refractivity contribution is 5.78. The Bertz CT molecular complexity index is 194. The molecule has 1 fully saturated rings. The van der Waals surface area contributed by atoms with Crippen LogP contribution in [0.1, 0.15) is 27.2 Å². The third kappa shape index (κ3) is 3.29. The molecule has 3 heteroatoms. The standard InChI is InChI=1S/C11H22N2O/c1-4-12-6-10(3)8-13-7-9(2)5-11(13)14/h9-10,12H,4-8H2,1-3H3. The van der Waals surface area contributed by atoms with Crippen molar-refractivity contribution < 1.29 is 4.79 Å². The Balaban J connectivity index is 2.26. The Morgan fingerprint density at radius 3 is 2.86 bits per heavy atom. The fourth-order valence-corrected chi connectivity index (χ4v) is 1.98. The van der Waals surface area contributed by atoms with Crippen LogP contribution in [-0.4, -0.2) is 37.0 Å². The van der Waals surface area contributed by atoms with Gasteiger partial charge in [-0.15, -0.1) is 0 Å². The topological polar surface area (TPSA) is 32.3 Å². The van der Waals surface area contributed by atoms with Gasteiger partial charge in [-0.3, -0.25) is 4.79 Å². The second-order valence-electron chi connectivity index (χ2n) is 4.52. The number of hydrogen-bond acceptors (Lipinski definition) is 2. The molecule has 1 N–H and O–H groups in total. The highest BCUT2D eigenvalue weighted by Gasteiger charge is 2.26. The van der Waals surface area contributed by atoms with Gasteiger partial charge in [-0.2, -0.15) is 0 Å². The van der Waals surface area contributed by atoms with Crippen LogP contribution >= 0.6 is 0 Å². The van der Waals surface area contributed by atoms with Gasteiger partial charge >= 0.3 is 0 Å². The Morgan fingerprint density at radius 1 is 1.64 bits per heavy atom. The lowest BCUT2D eigenvalue weighted by atomic mass is 10.1. The first-order valence-corrected chi connectivity index (χ1v) is 5.62. The highest BCUT2D eigenvalue weighted by Crippen LogP contribution is 2.17. The zero-order chi connectivity index (χ0) is 10.6. The lowest BCUT2D eigenvalue weighted by Crippen LogP contribution is -2.34. The fraction of sp³-hybridized carbons (Fsp3) is 0.909. The van der Waals surface area contributed by atoms with E-state index < -0.39 is 0 Å². The summed E-state index contributed by atoms with van der Waals surface area (Å²) in [6, 6.07) is 0. The van der Waals surface area contributed by atoms with Gasteiger partial charge in [-0.1, -0.05) is 20.8 Å². The van der Waals surface area contributed by atoms with Crippen LogP contribution in [0.5, 0.6) is 0 Å². The fourth-order valence-electron chi connectivity index (χ4n) is 1.98. The number of nitrogens with one attached hydrogen (secondary N) is 1. The Kier molecular flexibility index (Phi) is 4.39. The normalized spacial score (nSPS) is 24.4. The minimum Gasteiger partial charge on any atom is -0.342 e. The molecule has 1 heterocycles. The molecule has 1 rings (SSSR count). The minimum absolute atomic E-state index is 0.334. The van der Waals surface area contributed by atoms with E-state index in [2.05, 4.69) is 26.1 Å². The first kappa shape index (κ1) is 11.5. The molecular formula is C11H22N2O. The van der Waals surface area contributed by atoms with Crippen molar-refractivity contribution in [2.75, 3.05) is 26.2 Å². The summed E-state index contributed by atoms with van der Waals surface area (Å²) in [6.07, 6.45) is 0.744. The van der Waals surface area contributed by atoms with Crippen molar-refractivity contribution in [3.8, 4) is 0 Å². The maximum absolute atomic E-state index is 11.5. The molecule has 0 spiro atoms. The van der Waals surface area contributed by atoms with Gasteiger partial charge in [0.05, 0.1) is 0 Å². The smallest absolute Gasteiger partial charge is 0.222 e. The van der Waals surface area contributed by atoms with Crippen molar-refractivity contribution in [1.29, 1.82) is 0 Å². The van der Waals surface area contributed by atoms with E-state index in [1.807, 2.05) is 4.90 Å². The van der Waals surface area contributed by atoms with Gasteiger partial charge in [-0.05, 0) is 24.9 Å². The summed E-state index contributed by atoms with van der Waals surface area (Å²) in [5.74, 6) is 1.44. The van der Waals surface area contributed by atoms with E-state index >= 15 is 0 Å². The molecule has 82 valence electrons. The number of hydrogen-bond donors (Lipinski definition) is 1. The molecule has 14 heavy (non-hydrogen) atoms. The van der Waals surface area contributed by atoms with E-state index in [-0.39, 0.29) is 0 Å². The third-order valence-electron chi connectivity index (χ3n) is 2.68. The molecule has 0 radical (unpaired) electrons. The summed E-state index contributed by atoms with van der Waals surface area (Å²) < 4.78 is 0. The Hall–Kier alpha value is -0.570. The second-order valence-corrected chi connectivity index (χ2v) is 4.52. The molecule has 0 aromatic heterocycles. The number of carbonyl (C=O) groups excluding carboxylic acids is 1. The summed E-state index contributed by atoms with van der Waals surface area (Å²) in [4.78, 5) is 13.5. The Morgan fingerprint density at radius 2 is 2.36 bits per heavy atom. The number of nitrogens with zero attached hydrogens (tertiary/aromatic N) is 1. The first-order chi connectivity index (χ1) is 6.63. The molecule has 0 aliphatic carbocycles. The summed E-state index contributed by atoms with van der Waals surface area (Å²) in [5.41, 5.74) is 0. The van der Waals surface area contributed by atoms with Gasteiger partial charge in [0.2, 0.25) is 5.91 Å². The van der Waals surface area contributed by atoms with Crippen molar-refractivity contribution in [2.24, 2.45) is 11.8 Å². The molecule has 1 aliphatic rings. The van der Waals surface area contributed by atoms with E-state index in [4.69, 9.17) is 0 Å². The lowest BCUT2D eigenvalue weighted by Gasteiger charge is -2.21. The maximum Gasteiger partial charge on any atom is 0.222 e. The molecule has 2 atom stereocenters. The van der Waals surface area contributed by atoms with Crippen LogP contribution in [0, 0.1) is 11.8 Å². The predicted molar refractivity (Wildman–Crippen MR) is 58.1 cm³/mol. The summed E-state index contributed by atoms with van der Waals surface area (Å²) >= 11 is 0. The molecule has 1 amide bonds. The van der Waals surface area contributed by atoms with Crippen molar-refractivity contribution in [1.82, 2.24) is 10.2 Å². The Labute approximate surface area is 86.9 Å². The van der Waals surface area contributed by atoms with Crippen LogP contribution < -0.4 is 5.32 Å². The zero-order valence-corrected chi connectivity index (χ0v) is 9.55. The van der Waals surface area contributed by atoms with Gasteiger partial charge in [-0.25, -0.2) is 0 Å². The van der Waals surface area contributed by atoms with Gasteiger partial charge in [0.1, 0.15) is 0 Å². The lowest BCUT2D eigenvalue weighted by molar-refractivity contribution is -0.128. The quantitative estimate of drug-likeness (QED) is 0.717. The SMILES string of the molecule is CCNCC(C)CN1CC(C)CC1=O. The van der Waals surface area contributed by atoms with E-state index in [1.165, 1.54) is 0 Å². The van der Waals surface area contributed by atoms with Gasteiger partial charge < -0.3 is 10.2 Å². The third-order valence-corrected chi connectivity index (χ3v) is 2.68. The van der Waals surface area contributed by atoms with Crippen LogP contribution in [0.3, 0.4) is 0 Å². The van der Waals surface area contributed by atoms with Crippen LogP contribution in [0.15, 0.2) is 0 Å². The highest BCUT2D eigenvalue weighted by atomic mass is 16.2. The van der Waals surface area contributed by atoms with E-state index in [0.717, 1.165) is 32.6 Å². The summed E-state index contributed by atoms with van der Waals surface area (Å²) in [6.45, 7) is 10.3. The number of likely N-dealkylation sites (tertiary alicyclic amines) is 1. The molecule has 1 saturated heterocycles. The largest absolute Gasteiger partial charge is 0.342 e. The van der Waals surface area contributed by atoms with Crippen LogP contribution in [0.2, 0.25) is 0 Å². The molecule has 0 aromatic carbocycles. The van der Waals surface area contributed by atoms with E-state index in [1.54, 1.807) is 0 Å². The van der Waals surface area contributed by atoms with Crippen molar-refractivity contribution >= 4 is 5.91 Å². The number of carbonyl (C=O) groups is 1. The van der Waals surface area contributed by atoms with Gasteiger partial charge in [0.15, 0.2) is 0 Å². The molecule has 0 bridgehead atoms. The molecule has 2 unspecified atom stereocenters. The molecular weight excluding hydrogens is 176 g/mol.